The van der Waals surface area contributed by atoms with Crippen LogP contribution in [0.3, 0.4) is 0 Å². The summed E-state index contributed by atoms with van der Waals surface area (Å²) in [6.45, 7) is 2.33. The molecule has 1 fully saturated rings. The SMILES string of the molecule is CC1(O)CN(C(=O)c2cc(Cl)nc(Cl)c2)C1. The molecule has 0 aromatic carbocycles. The van der Waals surface area contributed by atoms with Gasteiger partial charge in [0.15, 0.2) is 0 Å². The lowest BCUT2D eigenvalue weighted by atomic mass is 9.96. The molecular formula is C10H10Cl2N2O2. The highest BCUT2D eigenvalue weighted by Gasteiger charge is 2.39. The van der Waals surface area contributed by atoms with Gasteiger partial charge in [0, 0.05) is 5.56 Å². The number of aromatic nitrogens is 1. The van der Waals surface area contributed by atoms with Crippen molar-refractivity contribution >= 4 is 29.1 Å². The first kappa shape index (κ1) is 11.6. The quantitative estimate of drug-likeness (QED) is 0.781. The average Bonchev–Trinajstić information content (AvgIpc) is 2.11. The van der Waals surface area contributed by atoms with Crippen molar-refractivity contribution < 1.29 is 9.90 Å². The number of β-amino-alcohol motifs (C(OH)–C–C–N with tert-alkyl or cyclic N) is 1. The third-order valence-electron chi connectivity index (χ3n) is 2.36. The Bertz CT molecular complexity index is 420. The van der Waals surface area contributed by atoms with Crippen molar-refractivity contribution in [2.45, 2.75) is 12.5 Å². The summed E-state index contributed by atoms with van der Waals surface area (Å²) < 4.78 is 0. The van der Waals surface area contributed by atoms with Crippen LogP contribution in [0, 0.1) is 0 Å². The first-order valence-electron chi connectivity index (χ1n) is 4.72. The standard InChI is InChI=1S/C10H10Cl2N2O2/c1-10(16)4-14(5-10)9(15)6-2-7(11)13-8(12)3-6/h2-3,16H,4-5H2,1H3. The molecule has 86 valence electrons. The summed E-state index contributed by atoms with van der Waals surface area (Å²) in [5.41, 5.74) is -0.392. The average molecular weight is 261 g/mol. The molecule has 2 heterocycles. The molecule has 0 atom stereocenters. The fourth-order valence-electron chi connectivity index (χ4n) is 1.69. The van der Waals surface area contributed by atoms with Crippen LogP contribution in [-0.4, -0.2) is 39.6 Å². The normalized spacial score (nSPS) is 18.1. The molecule has 1 aliphatic heterocycles. The summed E-state index contributed by atoms with van der Waals surface area (Å²) in [5, 5.41) is 9.90. The molecule has 6 heteroatoms. The highest BCUT2D eigenvalue weighted by atomic mass is 35.5. The predicted octanol–water partition coefficient (Wildman–Crippen LogP) is 1.60. The fourth-order valence-corrected chi connectivity index (χ4v) is 2.15. The lowest BCUT2D eigenvalue weighted by Gasteiger charge is -2.44. The Balaban J connectivity index is 2.16. The molecule has 1 amide bonds. The third-order valence-corrected chi connectivity index (χ3v) is 2.75. The number of halogens is 2. The van der Waals surface area contributed by atoms with Crippen molar-refractivity contribution in [3.63, 3.8) is 0 Å². The van der Waals surface area contributed by atoms with Crippen LogP contribution in [0.2, 0.25) is 10.3 Å². The number of amides is 1. The van der Waals surface area contributed by atoms with E-state index in [1.165, 1.54) is 17.0 Å². The molecule has 2 rings (SSSR count). The van der Waals surface area contributed by atoms with Crippen LogP contribution in [0.15, 0.2) is 12.1 Å². The van der Waals surface area contributed by atoms with E-state index in [2.05, 4.69) is 4.98 Å². The van der Waals surface area contributed by atoms with Gasteiger partial charge in [-0.3, -0.25) is 4.79 Å². The number of hydrogen-bond donors (Lipinski definition) is 1. The van der Waals surface area contributed by atoms with Crippen LogP contribution >= 0.6 is 23.2 Å². The van der Waals surface area contributed by atoms with E-state index in [0.717, 1.165) is 0 Å². The first-order valence-corrected chi connectivity index (χ1v) is 5.48. The van der Waals surface area contributed by atoms with Crippen LogP contribution in [0.25, 0.3) is 0 Å². The maximum atomic E-state index is 11.9. The maximum absolute atomic E-state index is 11.9. The number of hydrogen-bond acceptors (Lipinski definition) is 3. The topological polar surface area (TPSA) is 53.4 Å². The Labute approximate surface area is 103 Å². The van der Waals surface area contributed by atoms with Gasteiger partial charge in [0.2, 0.25) is 0 Å². The summed E-state index contributed by atoms with van der Waals surface area (Å²) >= 11 is 11.4. The minimum Gasteiger partial charge on any atom is -0.386 e. The number of rotatable bonds is 1. The van der Waals surface area contributed by atoms with Crippen LogP contribution in [-0.2, 0) is 0 Å². The zero-order valence-electron chi connectivity index (χ0n) is 8.57. The number of carbonyl (C=O) groups is 1. The molecule has 1 saturated heterocycles. The smallest absolute Gasteiger partial charge is 0.254 e. The number of pyridine rings is 1. The van der Waals surface area contributed by atoms with Crippen molar-refractivity contribution in [3.05, 3.63) is 28.0 Å². The first-order chi connectivity index (χ1) is 7.37. The van der Waals surface area contributed by atoms with Crippen molar-refractivity contribution in [3.8, 4) is 0 Å². The van der Waals surface area contributed by atoms with E-state index in [-0.39, 0.29) is 16.2 Å². The molecule has 0 spiro atoms. The van der Waals surface area contributed by atoms with Gasteiger partial charge in [0.05, 0.1) is 18.7 Å². The van der Waals surface area contributed by atoms with E-state index in [1.54, 1.807) is 6.92 Å². The number of nitrogens with zero attached hydrogens (tertiary/aromatic N) is 2. The predicted molar refractivity (Wildman–Crippen MR) is 60.8 cm³/mol. The largest absolute Gasteiger partial charge is 0.386 e. The van der Waals surface area contributed by atoms with Crippen LogP contribution in [0.4, 0.5) is 0 Å². The zero-order chi connectivity index (χ0) is 11.9. The van der Waals surface area contributed by atoms with Gasteiger partial charge in [-0.25, -0.2) is 4.98 Å². The molecule has 0 saturated carbocycles. The molecule has 0 aliphatic carbocycles. The Kier molecular flexibility index (Phi) is 2.82. The van der Waals surface area contributed by atoms with Gasteiger partial charge in [0.25, 0.3) is 5.91 Å². The molecule has 0 radical (unpaired) electrons. The minimum atomic E-state index is -0.781. The van der Waals surface area contributed by atoms with Crippen molar-refractivity contribution in [2.75, 3.05) is 13.1 Å². The second-order valence-electron chi connectivity index (χ2n) is 4.16. The summed E-state index contributed by atoms with van der Waals surface area (Å²) in [6, 6.07) is 2.92. The summed E-state index contributed by atoms with van der Waals surface area (Å²) in [5.74, 6) is -0.197. The van der Waals surface area contributed by atoms with Gasteiger partial charge in [-0.2, -0.15) is 0 Å². The highest BCUT2D eigenvalue weighted by molar-refractivity contribution is 6.33. The van der Waals surface area contributed by atoms with E-state index in [4.69, 9.17) is 23.2 Å². The van der Waals surface area contributed by atoms with Gasteiger partial charge in [0.1, 0.15) is 10.3 Å². The zero-order valence-corrected chi connectivity index (χ0v) is 10.1. The van der Waals surface area contributed by atoms with Gasteiger partial charge >= 0.3 is 0 Å². The maximum Gasteiger partial charge on any atom is 0.254 e. The lowest BCUT2D eigenvalue weighted by molar-refractivity contribution is -0.0668. The number of likely N-dealkylation sites (tertiary alicyclic amines) is 1. The molecule has 4 nitrogen and oxygen atoms in total. The number of aliphatic hydroxyl groups is 1. The van der Waals surface area contributed by atoms with Crippen molar-refractivity contribution in [2.24, 2.45) is 0 Å². The summed E-state index contributed by atoms with van der Waals surface area (Å²) in [6.07, 6.45) is 0. The van der Waals surface area contributed by atoms with Crippen LogP contribution in [0.1, 0.15) is 17.3 Å². The molecule has 1 aromatic rings. The van der Waals surface area contributed by atoms with E-state index < -0.39 is 5.60 Å². The van der Waals surface area contributed by atoms with E-state index in [0.29, 0.717) is 18.7 Å². The fraction of sp³-hybridized carbons (Fsp3) is 0.400. The van der Waals surface area contributed by atoms with Crippen molar-refractivity contribution in [1.82, 2.24) is 9.88 Å². The Morgan fingerprint density at radius 3 is 2.38 bits per heavy atom. The minimum absolute atomic E-state index is 0.183. The molecule has 0 unspecified atom stereocenters. The van der Waals surface area contributed by atoms with E-state index in [1.807, 2.05) is 0 Å². The second-order valence-corrected chi connectivity index (χ2v) is 4.93. The van der Waals surface area contributed by atoms with Gasteiger partial charge in [-0.15, -0.1) is 0 Å². The summed E-state index contributed by atoms with van der Waals surface area (Å²) in [7, 11) is 0. The second kappa shape index (κ2) is 3.87. The Morgan fingerprint density at radius 2 is 1.94 bits per heavy atom. The van der Waals surface area contributed by atoms with Crippen LogP contribution < -0.4 is 0 Å². The van der Waals surface area contributed by atoms with Gasteiger partial charge < -0.3 is 10.0 Å². The van der Waals surface area contributed by atoms with Gasteiger partial charge in [-0.05, 0) is 19.1 Å². The Hall–Kier alpha value is -0.840. The molecule has 1 aromatic heterocycles. The molecule has 1 N–H and O–H groups in total. The molecule has 0 bridgehead atoms. The van der Waals surface area contributed by atoms with E-state index in [9.17, 15) is 9.90 Å². The van der Waals surface area contributed by atoms with Crippen LogP contribution in [0.5, 0.6) is 0 Å². The summed E-state index contributed by atoms with van der Waals surface area (Å²) in [4.78, 5) is 17.2. The third kappa shape index (κ3) is 2.29. The van der Waals surface area contributed by atoms with Crippen molar-refractivity contribution in [1.29, 1.82) is 0 Å². The highest BCUT2D eigenvalue weighted by Crippen LogP contribution is 2.23. The molecular weight excluding hydrogens is 251 g/mol. The Morgan fingerprint density at radius 1 is 1.44 bits per heavy atom. The molecule has 16 heavy (non-hydrogen) atoms. The van der Waals surface area contributed by atoms with Gasteiger partial charge in [-0.1, -0.05) is 23.2 Å². The number of carbonyl (C=O) groups excluding carboxylic acids is 1. The van der Waals surface area contributed by atoms with E-state index >= 15 is 0 Å². The lowest BCUT2D eigenvalue weighted by Crippen LogP contribution is -2.61. The monoisotopic (exact) mass is 260 g/mol. The molecule has 1 aliphatic rings.